The van der Waals surface area contributed by atoms with Crippen molar-refractivity contribution in [3.63, 3.8) is 0 Å². The molecule has 1 N–H and O–H groups in total. The molecule has 2 aromatic heterocycles. The second-order valence-corrected chi connectivity index (χ2v) is 5.46. The summed E-state index contributed by atoms with van der Waals surface area (Å²) in [6.07, 6.45) is 5.17. The van der Waals surface area contributed by atoms with Gasteiger partial charge in [-0.2, -0.15) is 0 Å². The van der Waals surface area contributed by atoms with E-state index in [1.807, 2.05) is 24.3 Å². The van der Waals surface area contributed by atoms with Crippen molar-refractivity contribution in [2.45, 2.75) is 5.92 Å². The summed E-state index contributed by atoms with van der Waals surface area (Å²) in [7, 11) is 0. The van der Waals surface area contributed by atoms with Crippen LogP contribution in [0, 0.1) is 3.57 Å². The Morgan fingerprint density at radius 3 is 2.89 bits per heavy atom. The number of pyridine rings is 2. The van der Waals surface area contributed by atoms with E-state index in [4.69, 9.17) is 0 Å². The summed E-state index contributed by atoms with van der Waals surface area (Å²) in [5.41, 5.74) is 4.01. The van der Waals surface area contributed by atoms with E-state index in [1.54, 1.807) is 18.6 Å². The molecule has 3 rings (SSSR count). The van der Waals surface area contributed by atoms with Crippen LogP contribution < -0.4 is 10.4 Å². The van der Waals surface area contributed by atoms with Crippen LogP contribution in [0.2, 0.25) is 0 Å². The van der Waals surface area contributed by atoms with E-state index in [0.29, 0.717) is 12.4 Å². The number of carbonyl (C=O) groups excluding carboxylic acids is 1. The van der Waals surface area contributed by atoms with Crippen LogP contribution in [0.5, 0.6) is 0 Å². The molecule has 1 atom stereocenters. The van der Waals surface area contributed by atoms with Crippen LogP contribution in [0.1, 0.15) is 11.5 Å². The number of hydrazine groups is 1. The van der Waals surface area contributed by atoms with Crippen LogP contribution in [0.25, 0.3) is 0 Å². The third-order valence-electron chi connectivity index (χ3n) is 3.00. The predicted octanol–water partition coefficient (Wildman–Crippen LogP) is 1.72. The molecular formula is C13H11IN4O. The maximum atomic E-state index is 12.4. The summed E-state index contributed by atoms with van der Waals surface area (Å²) < 4.78 is 1.04. The van der Waals surface area contributed by atoms with Crippen molar-refractivity contribution in [1.82, 2.24) is 15.4 Å². The van der Waals surface area contributed by atoms with Crippen molar-refractivity contribution in [3.8, 4) is 0 Å². The molecule has 1 fully saturated rings. The Kier molecular flexibility index (Phi) is 3.43. The average Bonchev–Trinajstić information content (AvgIpc) is 2.83. The SMILES string of the molecule is O=C1C(c2cccnc2)CNN1c1ccc(I)cn1. The lowest BCUT2D eigenvalue weighted by molar-refractivity contribution is -0.118. The fourth-order valence-corrected chi connectivity index (χ4v) is 2.36. The fourth-order valence-electron chi connectivity index (χ4n) is 2.04. The number of carbonyl (C=O) groups is 1. The molecule has 1 unspecified atom stereocenters. The lowest BCUT2D eigenvalue weighted by atomic mass is 10.0. The topological polar surface area (TPSA) is 58.1 Å². The molecule has 1 saturated heterocycles. The number of halogens is 1. The number of hydrogen-bond donors (Lipinski definition) is 1. The van der Waals surface area contributed by atoms with Crippen LogP contribution >= 0.6 is 22.6 Å². The Hall–Kier alpha value is -1.54. The zero-order valence-corrected chi connectivity index (χ0v) is 12.1. The quantitative estimate of drug-likeness (QED) is 0.823. The molecule has 1 aliphatic rings. The minimum absolute atomic E-state index is 0.00158. The molecule has 5 nitrogen and oxygen atoms in total. The van der Waals surface area contributed by atoms with Crippen LogP contribution in [0.3, 0.4) is 0 Å². The zero-order chi connectivity index (χ0) is 13.2. The van der Waals surface area contributed by atoms with Gasteiger partial charge in [-0.1, -0.05) is 6.07 Å². The minimum Gasteiger partial charge on any atom is -0.272 e. The lowest BCUT2D eigenvalue weighted by Gasteiger charge is -2.14. The highest BCUT2D eigenvalue weighted by molar-refractivity contribution is 14.1. The highest BCUT2D eigenvalue weighted by Gasteiger charge is 2.34. The molecule has 96 valence electrons. The van der Waals surface area contributed by atoms with Crippen molar-refractivity contribution in [2.24, 2.45) is 0 Å². The number of nitrogens with zero attached hydrogens (tertiary/aromatic N) is 3. The molecule has 6 heteroatoms. The first-order chi connectivity index (χ1) is 9.25. The van der Waals surface area contributed by atoms with Crippen molar-refractivity contribution in [2.75, 3.05) is 11.6 Å². The van der Waals surface area contributed by atoms with Gasteiger partial charge in [-0.05, 0) is 46.4 Å². The number of hydrogen-bond acceptors (Lipinski definition) is 4. The summed E-state index contributed by atoms with van der Waals surface area (Å²) in [5, 5.41) is 1.51. The van der Waals surface area contributed by atoms with Gasteiger partial charge < -0.3 is 0 Å². The summed E-state index contributed by atoms with van der Waals surface area (Å²) in [6, 6.07) is 7.52. The number of rotatable bonds is 2. The molecule has 0 spiro atoms. The normalized spacial score (nSPS) is 18.9. The molecule has 0 radical (unpaired) electrons. The number of aromatic nitrogens is 2. The van der Waals surface area contributed by atoms with Gasteiger partial charge >= 0.3 is 0 Å². The van der Waals surface area contributed by atoms with Gasteiger partial charge in [0, 0.05) is 28.7 Å². The molecule has 1 aliphatic heterocycles. The van der Waals surface area contributed by atoms with Crippen molar-refractivity contribution in [1.29, 1.82) is 0 Å². The monoisotopic (exact) mass is 366 g/mol. The number of nitrogens with one attached hydrogen (secondary N) is 1. The van der Waals surface area contributed by atoms with E-state index >= 15 is 0 Å². The third kappa shape index (κ3) is 2.45. The minimum atomic E-state index is -0.199. The first-order valence-corrected chi connectivity index (χ1v) is 6.92. The fraction of sp³-hybridized carbons (Fsp3) is 0.154. The Morgan fingerprint density at radius 2 is 2.21 bits per heavy atom. The van der Waals surface area contributed by atoms with Gasteiger partial charge in [0.15, 0.2) is 0 Å². The van der Waals surface area contributed by atoms with Gasteiger partial charge in [-0.3, -0.25) is 9.78 Å². The second kappa shape index (κ2) is 5.22. The molecule has 0 aromatic carbocycles. The summed E-state index contributed by atoms with van der Waals surface area (Å²) in [6.45, 7) is 0.568. The molecule has 0 aliphatic carbocycles. The molecule has 2 aromatic rings. The van der Waals surface area contributed by atoms with Crippen molar-refractivity contribution in [3.05, 3.63) is 52.0 Å². The molecule has 0 bridgehead atoms. The van der Waals surface area contributed by atoms with E-state index in [9.17, 15) is 4.79 Å². The van der Waals surface area contributed by atoms with E-state index < -0.39 is 0 Å². The van der Waals surface area contributed by atoms with E-state index in [2.05, 4.69) is 38.0 Å². The van der Waals surface area contributed by atoms with Gasteiger partial charge in [0.2, 0.25) is 0 Å². The van der Waals surface area contributed by atoms with Gasteiger partial charge in [0.25, 0.3) is 5.91 Å². The van der Waals surface area contributed by atoms with Gasteiger partial charge in [-0.25, -0.2) is 15.4 Å². The number of anilines is 1. The predicted molar refractivity (Wildman–Crippen MR) is 79.4 cm³/mol. The Labute approximate surface area is 124 Å². The van der Waals surface area contributed by atoms with E-state index in [1.165, 1.54) is 5.01 Å². The second-order valence-electron chi connectivity index (χ2n) is 4.21. The van der Waals surface area contributed by atoms with Crippen LogP contribution in [0.15, 0.2) is 42.9 Å². The highest BCUT2D eigenvalue weighted by Crippen LogP contribution is 2.24. The average molecular weight is 366 g/mol. The summed E-state index contributed by atoms with van der Waals surface area (Å²) >= 11 is 2.18. The maximum Gasteiger partial charge on any atom is 0.251 e. The number of amides is 1. The van der Waals surface area contributed by atoms with Crippen LogP contribution in [0.4, 0.5) is 5.82 Å². The summed E-state index contributed by atoms with van der Waals surface area (Å²) in [5.74, 6) is 0.424. The Balaban J connectivity index is 1.84. The molecule has 0 saturated carbocycles. The van der Waals surface area contributed by atoms with Gasteiger partial charge in [0.1, 0.15) is 5.82 Å². The first-order valence-electron chi connectivity index (χ1n) is 5.84. The molecule has 1 amide bonds. The summed E-state index contributed by atoms with van der Waals surface area (Å²) in [4.78, 5) is 20.7. The Bertz CT molecular complexity index is 587. The highest BCUT2D eigenvalue weighted by atomic mass is 127. The first kappa shape index (κ1) is 12.5. The van der Waals surface area contributed by atoms with Gasteiger partial charge in [-0.15, -0.1) is 0 Å². The smallest absolute Gasteiger partial charge is 0.251 e. The Morgan fingerprint density at radius 1 is 1.32 bits per heavy atom. The molecular weight excluding hydrogens is 355 g/mol. The standard InChI is InChI=1S/C13H11IN4O/c14-10-3-4-12(16-7-10)18-13(19)11(8-17-18)9-2-1-5-15-6-9/h1-7,11,17H,8H2. The lowest BCUT2D eigenvalue weighted by Crippen LogP contribution is -2.35. The van der Waals surface area contributed by atoms with Crippen molar-refractivity contribution >= 4 is 34.3 Å². The zero-order valence-electron chi connectivity index (χ0n) is 9.95. The van der Waals surface area contributed by atoms with Gasteiger partial charge in [0.05, 0.1) is 5.92 Å². The van der Waals surface area contributed by atoms with Crippen molar-refractivity contribution < 1.29 is 4.79 Å². The van der Waals surface area contributed by atoms with Crippen LogP contribution in [-0.2, 0) is 4.79 Å². The maximum absolute atomic E-state index is 12.4. The van der Waals surface area contributed by atoms with E-state index in [0.717, 1.165) is 9.13 Å². The largest absolute Gasteiger partial charge is 0.272 e. The van der Waals surface area contributed by atoms with E-state index in [-0.39, 0.29) is 11.8 Å². The third-order valence-corrected chi connectivity index (χ3v) is 3.64. The van der Waals surface area contributed by atoms with Crippen LogP contribution in [-0.4, -0.2) is 22.4 Å². The molecule has 19 heavy (non-hydrogen) atoms. The molecule has 3 heterocycles.